The van der Waals surface area contributed by atoms with Crippen LogP contribution in [0.3, 0.4) is 0 Å². The van der Waals surface area contributed by atoms with Crippen molar-refractivity contribution in [3.63, 3.8) is 0 Å². The fourth-order valence-corrected chi connectivity index (χ4v) is 3.11. The number of nitrogens with two attached hydrogens (primary N) is 1. The zero-order valence-electron chi connectivity index (χ0n) is 11.8. The largest absolute Gasteiger partial charge is 0.416 e. The number of alkyl halides is 3. The summed E-state index contributed by atoms with van der Waals surface area (Å²) in [6.45, 7) is 0. The first-order chi connectivity index (χ1) is 10.9. The van der Waals surface area contributed by atoms with Crippen LogP contribution < -0.4 is 5.73 Å². The Kier molecular flexibility index (Phi) is 4.12. The van der Waals surface area contributed by atoms with Gasteiger partial charge in [0.05, 0.1) is 17.0 Å². The van der Waals surface area contributed by atoms with Gasteiger partial charge in [0, 0.05) is 11.1 Å². The van der Waals surface area contributed by atoms with Crippen LogP contribution in [0.2, 0.25) is 0 Å². The highest BCUT2D eigenvalue weighted by Gasteiger charge is 2.31. The van der Waals surface area contributed by atoms with Crippen molar-refractivity contribution in [3.8, 4) is 0 Å². The van der Waals surface area contributed by atoms with Gasteiger partial charge < -0.3 is 5.73 Å². The van der Waals surface area contributed by atoms with E-state index in [0.29, 0.717) is 33.4 Å². The predicted molar refractivity (Wildman–Crippen MR) is 86.6 cm³/mol. The number of pyridine rings is 1. The van der Waals surface area contributed by atoms with E-state index in [-0.39, 0.29) is 0 Å². The van der Waals surface area contributed by atoms with E-state index < -0.39 is 11.7 Å². The SMILES string of the molecule is NC1=NC(c2ccccn2)=C(c2cccc(C(F)(F)F)c2)SC1. The van der Waals surface area contributed by atoms with Crippen LogP contribution in [0.1, 0.15) is 16.8 Å². The lowest BCUT2D eigenvalue weighted by atomic mass is 10.1. The summed E-state index contributed by atoms with van der Waals surface area (Å²) in [5.74, 6) is 0.855. The highest BCUT2D eigenvalue weighted by Crippen LogP contribution is 2.40. The summed E-state index contributed by atoms with van der Waals surface area (Å²) in [6.07, 6.45) is -2.78. The molecule has 0 aliphatic carbocycles. The van der Waals surface area contributed by atoms with Crippen molar-refractivity contribution in [2.75, 3.05) is 5.75 Å². The second kappa shape index (κ2) is 6.08. The summed E-state index contributed by atoms with van der Waals surface area (Å²) in [4.78, 5) is 9.18. The van der Waals surface area contributed by atoms with Crippen molar-refractivity contribution in [2.45, 2.75) is 6.18 Å². The average Bonchev–Trinajstić information content (AvgIpc) is 2.55. The number of aromatic nitrogens is 1. The Labute approximate surface area is 135 Å². The van der Waals surface area contributed by atoms with Gasteiger partial charge in [-0.15, -0.1) is 11.8 Å². The van der Waals surface area contributed by atoms with E-state index in [1.54, 1.807) is 30.5 Å². The molecule has 2 heterocycles. The van der Waals surface area contributed by atoms with Crippen LogP contribution in [0.5, 0.6) is 0 Å². The Morgan fingerprint density at radius 2 is 1.91 bits per heavy atom. The Hall–Kier alpha value is -2.28. The van der Waals surface area contributed by atoms with Gasteiger partial charge in [0.25, 0.3) is 0 Å². The molecule has 0 saturated carbocycles. The topological polar surface area (TPSA) is 51.3 Å². The zero-order chi connectivity index (χ0) is 16.4. The quantitative estimate of drug-likeness (QED) is 0.901. The molecule has 0 atom stereocenters. The maximum absolute atomic E-state index is 12.9. The van der Waals surface area contributed by atoms with Gasteiger partial charge in [-0.3, -0.25) is 4.98 Å². The summed E-state index contributed by atoms with van der Waals surface area (Å²) >= 11 is 1.36. The van der Waals surface area contributed by atoms with E-state index in [0.717, 1.165) is 12.1 Å². The number of hydrogen-bond acceptors (Lipinski definition) is 4. The maximum Gasteiger partial charge on any atom is 0.416 e. The normalized spacial score (nSPS) is 15.5. The predicted octanol–water partition coefficient (Wildman–Crippen LogP) is 4.03. The first kappa shape index (κ1) is 15.6. The van der Waals surface area contributed by atoms with Crippen molar-refractivity contribution in [1.82, 2.24) is 4.98 Å². The number of halogens is 3. The molecule has 0 unspecified atom stereocenters. The smallest absolute Gasteiger partial charge is 0.386 e. The lowest BCUT2D eigenvalue weighted by Crippen LogP contribution is -2.18. The molecule has 2 N–H and O–H groups in total. The van der Waals surface area contributed by atoms with Crippen LogP contribution in [0, 0.1) is 0 Å². The molecule has 0 spiro atoms. The highest BCUT2D eigenvalue weighted by atomic mass is 32.2. The van der Waals surface area contributed by atoms with E-state index >= 15 is 0 Å². The standard InChI is InChI=1S/C16H12F3N3S/c17-16(18,19)11-5-3-4-10(8-11)15-14(22-13(20)9-23-15)12-6-1-2-7-21-12/h1-8H,9H2,(H2,20,22). The molecule has 1 aromatic carbocycles. The molecule has 23 heavy (non-hydrogen) atoms. The number of thioether (sulfide) groups is 1. The van der Waals surface area contributed by atoms with Crippen molar-refractivity contribution in [3.05, 3.63) is 65.5 Å². The summed E-state index contributed by atoms with van der Waals surface area (Å²) in [7, 11) is 0. The number of benzene rings is 1. The van der Waals surface area contributed by atoms with Crippen LogP contribution in [0.15, 0.2) is 53.7 Å². The lowest BCUT2D eigenvalue weighted by molar-refractivity contribution is -0.137. The minimum absolute atomic E-state index is 0.423. The molecule has 1 aliphatic heterocycles. The summed E-state index contributed by atoms with van der Waals surface area (Å²) in [6, 6.07) is 10.5. The minimum Gasteiger partial charge on any atom is -0.386 e. The van der Waals surface area contributed by atoms with Crippen molar-refractivity contribution < 1.29 is 13.2 Å². The monoisotopic (exact) mass is 335 g/mol. The summed E-state index contributed by atoms with van der Waals surface area (Å²) in [5, 5.41) is 0. The van der Waals surface area contributed by atoms with Crippen LogP contribution in [-0.4, -0.2) is 16.6 Å². The second-order valence-corrected chi connectivity index (χ2v) is 5.85. The average molecular weight is 335 g/mol. The molecule has 0 radical (unpaired) electrons. The van der Waals surface area contributed by atoms with Crippen molar-refractivity contribution >= 4 is 28.2 Å². The third kappa shape index (κ3) is 3.39. The van der Waals surface area contributed by atoms with E-state index in [4.69, 9.17) is 5.73 Å². The van der Waals surface area contributed by atoms with Crippen LogP contribution >= 0.6 is 11.8 Å². The second-order valence-electron chi connectivity index (χ2n) is 4.86. The number of hydrogen-bond donors (Lipinski definition) is 1. The Bertz CT molecular complexity index is 783. The molecular weight excluding hydrogens is 323 g/mol. The first-order valence-corrected chi connectivity index (χ1v) is 7.73. The number of nitrogens with zero attached hydrogens (tertiary/aromatic N) is 2. The van der Waals surface area contributed by atoms with E-state index in [1.807, 2.05) is 0 Å². The molecule has 1 aromatic heterocycles. The van der Waals surface area contributed by atoms with Gasteiger partial charge in [0.15, 0.2) is 0 Å². The van der Waals surface area contributed by atoms with Crippen molar-refractivity contribution in [1.29, 1.82) is 0 Å². The molecule has 118 valence electrons. The number of aliphatic imine (C=N–C) groups is 1. The van der Waals surface area contributed by atoms with Gasteiger partial charge in [-0.05, 0) is 29.8 Å². The molecule has 0 fully saturated rings. The maximum atomic E-state index is 12.9. The molecule has 0 amide bonds. The molecule has 0 bridgehead atoms. The van der Waals surface area contributed by atoms with Gasteiger partial charge in [-0.25, -0.2) is 4.99 Å². The third-order valence-electron chi connectivity index (χ3n) is 3.19. The van der Waals surface area contributed by atoms with Gasteiger partial charge >= 0.3 is 6.18 Å². The van der Waals surface area contributed by atoms with Gasteiger partial charge in [-0.1, -0.05) is 18.2 Å². The van der Waals surface area contributed by atoms with Gasteiger partial charge in [-0.2, -0.15) is 13.2 Å². The Balaban J connectivity index is 2.15. The van der Waals surface area contributed by atoms with Crippen LogP contribution in [-0.2, 0) is 6.18 Å². The number of rotatable bonds is 2. The number of amidine groups is 1. The van der Waals surface area contributed by atoms with Gasteiger partial charge in [0.2, 0.25) is 0 Å². The highest BCUT2D eigenvalue weighted by molar-refractivity contribution is 8.09. The molecule has 0 saturated heterocycles. The Morgan fingerprint density at radius 3 is 2.61 bits per heavy atom. The molecular formula is C16H12F3N3S. The molecule has 2 aromatic rings. The summed E-state index contributed by atoms with van der Waals surface area (Å²) in [5.41, 5.74) is 6.64. The van der Waals surface area contributed by atoms with E-state index in [1.165, 1.54) is 17.8 Å². The molecule has 7 heteroatoms. The Morgan fingerprint density at radius 1 is 1.09 bits per heavy atom. The molecule has 1 aliphatic rings. The third-order valence-corrected chi connectivity index (χ3v) is 4.35. The fourth-order valence-electron chi connectivity index (χ4n) is 2.17. The van der Waals surface area contributed by atoms with Gasteiger partial charge in [0.1, 0.15) is 11.5 Å². The lowest BCUT2D eigenvalue weighted by Gasteiger charge is -2.18. The van der Waals surface area contributed by atoms with Crippen LogP contribution in [0.4, 0.5) is 13.2 Å². The van der Waals surface area contributed by atoms with E-state index in [2.05, 4.69) is 9.98 Å². The fraction of sp³-hybridized carbons (Fsp3) is 0.125. The zero-order valence-corrected chi connectivity index (χ0v) is 12.7. The molecule has 3 rings (SSSR count). The minimum atomic E-state index is -4.39. The van der Waals surface area contributed by atoms with E-state index in [9.17, 15) is 13.2 Å². The van der Waals surface area contributed by atoms with Crippen molar-refractivity contribution in [2.24, 2.45) is 10.7 Å². The first-order valence-electron chi connectivity index (χ1n) is 6.74. The van der Waals surface area contributed by atoms with Crippen LogP contribution in [0.25, 0.3) is 10.6 Å². The molecule has 3 nitrogen and oxygen atoms in total. The summed E-state index contributed by atoms with van der Waals surface area (Å²) < 4.78 is 38.8.